The summed E-state index contributed by atoms with van der Waals surface area (Å²) in [6.07, 6.45) is 5.32. The van der Waals surface area contributed by atoms with Crippen molar-refractivity contribution >= 4 is 12.4 Å². The summed E-state index contributed by atoms with van der Waals surface area (Å²) in [6.45, 7) is 7.16. The predicted octanol–water partition coefficient (Wildman–Crippen LogP) is 4.81. The second-order valence-electron chi connectivity index (χ2n) is 7.20. The zero-order chi connectivity index (χ0) is 13.0. The molecule has 1 fully saturated rings. The van der Waals surface area contributed by atoms with Crippen LogP contribution in [0.4, 0.5) is 0 Å². The van der Waals surface area contributed by atoms with Gasteiger partial charge in [0, 0.05) is 11.5 Å². The van der Waals surface area contributed by atoms with Crippen LogP contribution in [-0.2, 0) is 0 Å². The third-order valence-electron chi connectivity index (χ3n) is 5.61. The van der Waals surface area contributed by atoms with Crippen molar-refractivity contribution in [1.82, 2.24) is 0 Å². The van der Waals surface area contributed by atoms with Crippen molar-refractivity contribution in [2.75, 3.05) is 0 Å². The Morgan fingerprint density at radius 2 is 1.74 bits per heavy atom. The molecule has 0 aromatic heterocycles. The van der Waals surface area contributed by atoms with Gasteiger partial charge in [-0.05, 0) is 35.3 Å². The summed E-state index contributed by atoms with van der Waals surface area (Å²) in [5.74, 6) is 0.678. The lowest BCUT2D eigenvalue weighted by Gasteiger charge is -2.52. The SMILES string of the molecule is CC(C)(C)C12CCCCC1c1ccccc1C2N.Cl. The zero-order valence-corrected chi connectivity index (χ0v) is 13.1. The van der Waals surface area contributed by atoms with E-state index in [4.69, 9.17) is 5.73 Å². The van der Waals surface area contributed by atoms with Crippen LogP contribution >= 0.6 is 12.4 Å². The fourth-order valence-electron chi connectivity index (χ4n) is 4.76. The second-order valence-corrected chi connectivity index (χ2v) is 7.20. The number of fused-ring (bicyclic) bond motifs is 3. The van der Waals surface area contributed by atoms with Gasteiger partial charge in [-0.15, -0.1) is 12.4 Å². The molecular formula is C17H26ClN. The summed E-state index contributed by atoms with van der Waals surface area (Å²) in [7, 11) is 0. The summed E-state index contributed by atoms with van der Waals surface area (Å²) in [5, 5.41) is 0. The molecule has 3 unspecified atom stereocenters. The number of benzene rings is 1. The van der Waals surface area contributed by atoms with Crippen molar-refractivity contribution in [2.24, 2.45) is 16.6 Å². The third-order valence-corrected chi connectivity index (χ3v) is 5.61. The fourth-order valence-corrected chi connectivity index (χ4v) is 4.76. The van der Waals surface area contributed by atoms with Gasteiger partial charge in [-0.3, -0.25) is 0 Å². The highest BCUT2D eigenvalue weighted by Crippen LogP contribution is 2.66. The molecular weight excluding hydrogens is 254 g/mol. The number of hydrogen-bond donors (Lipinski definition) is 1. The van der Waals surface area contributed by atoms with E-state index in [1.54, 1.807) is 5.56 Å². The minimum atomic E-state index is 0. The molecule has 3 atom stereocenters. The Morgan fingerprint density at radius 1 is 1.11 bits per heavy atom. The molecule has 19 heavy (non-hydrogen) atoms. The lowest BCUT2D eigenvalue weighted by Crippen LogP contribution is -2.46. The maximum absolute atomic E-state index is 6.72. The van der Waals surface area contributed by atoms with Gasteiger partial charge in [0.25, 0.3) is 0 Å². The van der Waals surface area contributed by atoms with Gasteiger partial charge in [-0.2, -0.15) is 0 Å². The highest BCUT2D eigenvalue weighted by molar-refractivity contribution is 5.85. The van der Waals surface area contributed by atoms with E-state index in [9.17, 15) is 0 Å². The Bertz CT molecular complexity index is 463. The first-order chi connectivity index (χ1) is 8.48. The van der Waals surface area contributed by atoms with E-state index in [2.05, 4.69) is 45.0 Å². The van der Waals surface area contributed by atoms with Crippen molar-refractivity contribution < 1.29 is 0 Å². The van der Waals surface area contributed by atoms with Gasteiger partial charge in [0.05, 0.1) is 0 Å². The lowest BCUT2D eigenvalue weighted by atomic mass is 9.53. The molecule has 0 aliphatic heterocycles. The van der Waals surface area contributed by atoms with E-state index in [0.29, 0.717) is 5.92 Å². The van der Waals surface area contributed by atoms with Gasteiger partial charge in [-0.1, -0.05) is 57.9 Å². The van der Waals surface area contributed by atoms with Gasteiger partial charge >= 0.3 is 0 Å². The van der Waals surface area contributed by atoms with Crippen molar-refractivity contribution in [3.05, 3.63) is 35.4 Å². The minimum absolute atomic E-state index is 0. The molecule has 1 saturated carbocycles. The molecule has 106 valence electrons. The van der Waals surface area contributed by atoms with Gasteiger partial charge in [0.15, 0.2) is 0 Å². The summed E-state index contributed by atoms with van der Waals surface area (Å²) in [5.41, 5.74) is 10.2. The molecule has 2 aliphatic rings. The van der Waals surface area contributed by atoms with Crippen LogP contribution in [0.3, 0.4) is 0 Å². The van der Waals surface area contributed by atoms with Gasteiger partial charge in [0.1, 0.15) is 0 Å². The maximum atomic E-state index is 6.72. The number of hydrogen-bond acceptors (Lipinski definition) is 1. The average Bonchev–Trinajstić information content (AvgIpc) is 2.62. The number of nitrogens with two attached hydrogens (primary N) is 1. The molecule has 0 amide bonds. The molecule has 1 aromatic rings. The standard InChI is InChI=1S/C17H25N.ClH/c1-16(2,3)17-11-7-6-10-14(17)12-8-4-5-9-13(12)15(17)18;/h4-5,8-9,14-15H,6-7,10-11,18H2,1-3H3;1H. The van der Waals surface area contributed by atoms with Crippen LogP contribution < -0.4 is 5.73 Å². The fraction of sp³-hybridized carbons (Fsp3) is 0.647. The quantitative estimate of drug-likeness (QED) is 0.724. The Balaban J connectivity index is 0.00000133. The van der Waals surface area contributed by atoms with Gasteiger partial charge < -0.3 is 5.73 Å². The molecule has 0 heterocycles. The van der Waals surface area contributed by atoms with E-state index in [1.165, 1.54) is 31.2 Å². The lowest BCUT2D eigenvalue weighted by molar-refractivity contribution is 0.00253. The molecule has 1 aromatic carbocycles. The Labute approximate surface area is 123 Å². The van der Waals surface area contributed by atoms with Crippen LogP contribution in [0.1, 0.15) is 69.5 Å². The molecule has 2 N–H and O–H groups in total. The van der Waals surface area contributed by atoms with Crippen LogP contribution in [-0.4, -0.2) is 0 Å². The van der Waals surface area contributed by atoms with E-state index in [-0.39, 0.29) is 29.3 Å². The summed E-state index contributed by atoms with van der Waals surface area (Å²) < 4.78 is 0. The Hall–Kier alpha value is -0.530. The van der Waals surface area contributed by atoms with Crippen molar-refractivity contribution in [1.29, 1.82) is 0 Å². The summed E-state index contributed by atoms with van der Waals surface area (Å²) >= 11 is 0. The van der Waals surface area contributed by atoms with E-state index in [1.807, 2.05) is 0 Å². The van der Waals surface area contributed by atoms with Crippen LogP contribution in [0.2, 0.25) is 0 Å². The second kappa shape index (κ2) is 4.79. The largest absolute Gasteiger partial charge is 0.323 e. The molecule has 3 rings (SSSR count). The minimum Gasteiger partial charge on any atom is -0.323 e. The van der Waals surface area contributed by atoms with Crippen molar-refractivity contribution in [2.45, 2.75) is 58.4 Å². The van der Waals surface area contributed by atoms with E-state index in [0.717, 1.165) is 0 Å². The molecule has 0 saturated heterocycles. The molecule has 2 heteroatoms. The highest BCUT2D eigenvalue weighted by atomic mass is 35.5. The third kappa shape index (κ3) is 1.86. The van der Waals surface area contributed by atoms with Gasteiger partial charge in [-0.25, -0.2) is 0 Å². The molecule has 2 aliphatic carbocycles. The first-order valence-corrected chi connectivity index (χ1v) is 7.33. The average molecular weight is 280 g/mol. The predicted molar refractivity (Wildman–Crippen MR) is 83.7 cm³/mol. The topological polar surface area (TPSA) is 26.0 Å². The normalized spacial score (nSPS) is 33.3. The number of halogens is 1. The van der Waals surface area contributed by atoms with Gasteiger partial charge in [0.2, 0.25) is 0 Å². The molecule has 0 spiro atoms. The summed E-state index contributed by atoms with van der Waals surface area (Å²) in [6, 6.07) is 9.12. The first-order valence-electron chi connectivity index (χ1n) is 7.33. The Morgan fingerprint density at radius 3 is 2.37 bits per heavy atom. The van der Waals surface area contributed by atoms with E-state index < -0.39 is 0 Å². The zero-order valence-electron chi connectivity index (χ0n) is 12.3. The van der Waals surface area contributed by atoms with Crippen LogP contribution in [0.15, 0.2) is 24.3 Å². The smallest absolute Gasteiger partial charge is 0.0365 e. The van der Waals surface area contributed by atoms with Crippen LogP contribution in [0.5, 0.6) is 0 Å². The Kier molecular flexibility index (Phi) is 3.75. The summed E-state index contributed by atoms with van der Waals surface area (Å²) in [4.78, 5) is 0. The molecule has 0 radical (unpaired) electrons. The van der Waals surface area contributed by atoms with E-state index >= 15 is 0 Å². The maximum Gasteiger partial charge on any atom is 0.0365 e. The van der Waals surface area contributed by atoms with Crippen LogP contribution in [0.25, 0.3) is 0 Å². The van der Waals surface area contributed by atoms with Crippen molar-refractivity contribution in [3.63, 3.8) is 0 Å². The van der Waals surface area contributed by atoms with Crippen LogP contribution in [0, 0.1) is 10.8 Å². The molecule has 1 nitrogen and oxygen atoms in total. The monoisotopic (exact) mass is 279 g/mol. The number of rotatable bonds is 0. The van der Waals surface area contributed by atoms with Crippen molar-refractivity contribution in [3.8, 4) is 0 Å². The highest BCUT2D eigenvalue weighted by Gasteiger charge is 2.57. The first kappa shape index (κ1) is 14.9. The molecule has 0 bridgehead atoms.